The molecule has 3 N–H and O–H groups in total. The van der Waals surface area contributed by atoms with Crippen LogP contribution in [0.4, 0.5) is 0 Å². The molecule has 0 aliphatic heterocycles. The van der Waals surface area contributed by atoms with Crippen molar-refractivity contribution in [2.24, 2.45) is 0 Å². The van der Waals surface area contributed by atoms with Crippen LogP contribution in [-0.4, -0.2) is 52.4 Å². The SMILES string of the molecule is COc1cc(CN(Cc2ccc(C)nc2Cl)C(=O)c2ccc(O)c(O)c2O)cc(OC)c1OC. The fraction of sp³-hybridized carbons (Fsp3) is 0.250. The van der Waals surface area contributed by atoms with Gasteiger partial charge in [0.1, 0.15) is 5.15 Å². The number of rotatable bonds is 8. The van der Waals surface area contributed by atoms with Gasteiger partial charge in [0, 0.05) is 24.3 Å². The maximum atomic E-state index is 13.5. The standard InChI is InChI=1S/C24H25ClN2O7/c1-13-5-6-15(23(25)26-13)12-27(24(31)16-7-8-17(28)21(30)20(16)29)11-14-9-18(32-2)22(34-4)19(10-14)33-3/h5-10,28-30H,11-12H2,1-4H3. The molecule has 0 spiro atoms. The third-order valence-corrected chi connectivity index (χ3v) is 5.50. The number of phenols is 3. The predicted octanol–water partition coefficient (Wildman–Crippen LogP) is 4.03. The topological polar surface area (TPSA) is 122 Å². The van der Waals surface area contributed by atoms with Gasteiger partial charge in [-0.1, -0.05) is 17.7 Å². The molecule has 180 valence electrons. The van der Waals surface area contributed by atoms with Crippen LogP contribution in [0, 0.1) is 6.92 Å². The zero-order chi connectivity index (χ0) is 25.0. The zero-order valence-corrected chi connectivity index (χ0v) is 19.9. The van der Waals surface area contributed by atoms with E-state index in [2.05, 4.69) is 4.98 Å². The van der Waals surface area contributed by atoms with Crippen LogP contribution in [0.5, 0.6) is 34.5 Å². The summed E-state index contributed by atoms with van der Waals surface area (Å²) in [6, 6.07) is 9.28. The van der Waals surface area contributed by atoms with Crippen molar-refractivity contribution in [3.63, 3.8) is 0 Å². The lowest BCUT2D eigenvalue weighted by Crippen LogP contribution is -2.30. The van der Waals surface area contributed by atoms with Gasteiger partial charge in [-0.15, -0.1) is 0 Å². The van der Waals surface area contributed by atoms with E-state index < -0.39 is 23.2 Å². The fourth-order valence-electron chi connectivity index (χ4n) is 3.44. The zero-order valence-electron chi connectivity index (χ0n) is 19.1. The maximum absolute atomic E-state index is 13.5. The molecule has 3 rings (SSSR count). The lowest BCUT2D eigenvalue weighted by molar-refractivity contribution is 0.0725. The molecule has 0 radical (unpaired) electrons. The Morgan fingerprint density at radius 2 is 1.59 bits per heavy atom. The minimum atomic E-state index is -0.784. The molecule has 10 heteroatoms. The van der Waals surface area contributed by atoms with Crippen molar-refractivity contribution in [1.82, 2.24) is 9.88 Å². The maximum Gasteiger partial charge on any atom is 0.258 e. The van der Waals surface area contributed by atoms with Gasteiger partial charge in [0.15, 0.2) is 23.0 Å². The monoisotopic (exact) mass is 488 g/mol. The first-order valence-electron chi connectivity index (χ1n) is 10.1. The number of benzene rings is 2. The van der Waals surface area contributed by atoms with Crippen molar-refractivity contribution in [3.05, 3.63) is 63.9 Å². The van der Waals surface area contributed by atoms with Gasteiger partial charge >= 0.3 is 0 Å². The summed E-state index contributed by atoms with van der Waals surface area (Å²) in [5.41, 5.74) is 1.74. The van der Waals surface area contributed by atoms with Gasteiger partial charge in [-0.05, 0) is 42.8 Å². The lowest BCUT2D eigenvalue weighted by atomic mass is 10.1. The molecule has 2 aromatic carbocycles. The van der Waals surface area contributed by atoms with E-state index in [4.69, 9.17) is 25.8 Å². The Hall–Kier alpha value is -3.85. The summed E-state index contributed by atoms with van der Waals surface area (Å²) in [7, 11) is 4.46. The van der Waals surface area contributed by atoms with Crippen molar-refractivity contribution in [2.75, 3.05) is 21.3 Å². The summed E-state index contributed by atoms with van der Waals surface area (Å²) in [5, 5.41) is 30.1. The molecule has 0 fully saturated rings. The Morgan fingerprint density at radius 3 is 2.15 bits per heavy atom. The summed E-state index contributed by atoms with van der Waals surface area (Å²) in [6.07, 6.45) is 0. The van der Waals surface area contributed by atoms with Crippen molar-refractivity contribution in [2.45, 2.75) is 20.0 Å². The molecule has 0 saturated heterocycles. The van der Waals surface area contributed by atoms with E-state index in [0.29, 0.717) is 28.4 Å². The molecule has 1 heterocycles. The highest BCUT2D eigenvalue weighted by atomic mass is 35.5. The van der Waals surface area contributed by atoms with E-state index >= 15 is 0 Å². The van der Waals surface area contributed by atoms with Crippen LogP contribution in [-0.2, 0) is 13.1 Å². The van der Waals surface area contributed by atoms with Gasteiger partial charge in [-0.3, -0.25) is 4.79 Å². The number of phenolic OH excluding ortho intramolecular Hbond substituents is 3. The van der Waals surface area contributed by atoms with Gasteiger partial charge in [-0.25, -0.2) is 4.98 Å². The molecule has 1 aromatic heterocycles. The number of methoxy groups -OCH3 is 3. The van der Waals surface area contributed by atoms with E-state index in [1.54, 1.807) is 31.2 Å². The van der Waals surface area contributed by atoms with E-state index in [9.17, 15) is 20.1 Å². The average molecular weight is 489 g/mol. The molecule has 9 nitrogen and oxygen atoms in total. The minimum absolute atomic E-state index is 0.0443. The number of carbonyl (C=O) groups is 1. The summed E-state index contributed by atoms with van der Waals surface area (Å²) >= 11 is 6.31. The molecular weight excluding hydrogens is 464 g/mol. The van der Waals surface area contributed by atoms with E-state index in [1.165, 1.54) is 32.3 Å². The number of hydrogen-bond donors (Lipinski definition) is 3. The van der Waals surface area contributed by atoms with Crippen LogP contribution in [0.1, 0.15) is 27.2 Å². The van der Waals surface area contributed by atoms with Crippen LogP contribution in [0.25, 0.3) is 0 Å². The number of hydrogen-bond acceptors (Lipinski definition) is 8. The second-order valence-corrected chi connectivity index (χ2v) is 7.78. The minimum Gasteiger partial charge on any atom is -0.504 e. The molecule has 0 aliphatic rings. The van der Waals surface area contributed by atoms with Gasteiger partial charge in [0.25, 0.3) is 5.91 Å². The Morgan fingerprint density at radius 1 is 0.941 bits per heavy atom. The molecule has 0 unspecified atom stereocenters. The Bertz CT molecular complexity index is 1190. The fourth-order valence-corrected chi connectivity index (χ4v) is 3.69. The highest BCUT2D eigenvalue weighted by molar-refractivity contribution is 6.30. The van der Waals surface area contributed by atoms with Gasteiger partial charge < -0.3 is 34.4 Å². The second kappa shape index (κ2) is 10.4. The largest absolute Gasteiger partial charge is 0.504 e. The molecule has 0 bridgehead atoms. The average Bonchev–Trinajstić information content (AvgIpc) is 2.82. The van der Waals surface area contributed by atoms with Crippen LogP contribution in [0.3, 0.4) is 0 Å². The molecule has 0 atom stereocenters. The number of aromatic hydroxyl groups is 3. The summed E-state index contributed by atoms with van der Waals surface area (Å²) in [4.78, 5) is 19.1. The van der Waals surface area contributed by atoms with Crippen LogP contribution in [0.15, 0.2) is 36.4 Å². The normalized spacial score (nSPS) is 10.6. The predicted molar refractivity (Wildman–Crippen MR) is 125 cm³/mol. The number of carbonyl (C=O) groups excluding carboxylic acids is 1. The van der Waals surface area contributed by atoms with Gasteiger partial charge in [0.05, 0.1) is 26.9 Å². The Kier molecular flexibility index (Phi) is 7.57. The summed E-state index contributed by atoms with van der Waals surface area (Å²) < 4.78 is 16.2. The molecule has 34 heavy (non-hydrogen) atoms. The second-order valence-electron chi connectivity index (χ2n) is 7.43. The molecular formula is C24H25ClN2O7. The van der Waals surface area contributed by atoms with E-state index in [1.807, 2.05) is 0 Å². The molecule has 1 amide bonds. The Labute approximate surface area is 201 Å². The first-order valence-corrected chi connectivity index (χ1v) is 10.5. The van der Waals surface area contributed by atoms with Crippen LogP contribution >= 0.6 is 11.6 Å². The van der Waals surface area contributed by atoms with Gasteiger partial charge in [-0.2, -0.15) is 0 Å². The molecule has 3 aromatic rings. The van der Waals surface area contributed by atoms with Crippen LogP contribution < -0.4 is 14.2 Å². The first kappa shape index (κ1) is 24.8. The molecule has 0 aliphatic carbocycles. The summed E-state index contributed by atoms with van der Waals surface area (Å²) in [6.45, 7) is 1.90. The van der Waals surface area contributed by atoms with Crippen molar-refractivity contribution in [3.8, 4) is 34.5 Å². The van der Waals surface area contributed by atoms with E-state index in [0.717, 1.165) is 11.8 Å². The van der Waals surface area contributed by atoms with Crippen molar-refractivity contribution >= 4 is 17.5 Å². The number of aromatic nitrogens is 1. The quantitative estimate of drug-likeness (QED) is 0.321. The smallest absolute Gasteiger partial charge is 0.258 e. The highest BCUT2D eigenvalue weighted by Gasteiger charge is 2.25. The Balaban J connectivity index is 2.07. The van der Waals surface area contributed by atoms with Gasteiger partial charge in [0.2, 0.25) is 11.5 Å². The number of pyridine rings is 1. The number of nitrogens with zero attached hydrogens (tertiary/aromatic N) is 2. The number of aryl methyl sites for hydroxylation is 1. The lowest BCUT2D eigenvalue weighted by Gasteiger charge is -2.25. The van der Waals surface area contributed by atoms with Crippen molar-refractivity contribution < 1.29 is 34.3 Å². The first-order chi connectivity index (χ1) is 16.2. The number of ether oxygens (including phenoxy) is 3. The number of amides is 1. The van der Waals surface area contributed by atoms with Crippen molar-refractivity contribution in [1.29, 1.82) is 0 Å². The third kappa shape index (κ3) is 5.04. The third-order valence-electron chi connectivity index (χ3n) is 5.17. The summed E-state index contributed by atoms with van der Waals surface area (Å²) in [5.74, 6) is -1.46. The molecule has 0 saturated carbocycles. The van der Waals surface area contributed by atoms with E-state index in [-0.39, 0.29) is 23.8 Å². The highest BCUT2D eigenvalue weighted by Crippen LogP contribution is 2.40. The van der Waals surface area contributed by atoms with Crippen LogP contribution in [0.2, 0.25) is 5.15 Å². The number of halogens is 1.